The molecule has 0 saturated heterocycles. The summed E-state index contributed by atoms with van der Waals surface area (Å²) in [5.41, 5.74) is 2.43. The second-order valence-corrected chi connectivity index (χ2v) is 5.82. The number of hydrogen-bond donors (Lipinski definition) is 0. The van der Waals surface area contributed by atoms with Gasteiger partial charge in [0.1, 0.15) is 29.8 Å². The fourth-order valence-corrected chi connectivity index (χ4v) is 2.21. The van der Waals surface area contributed by atoms with Gasteiger partial charge in [0.15, 0.2) is 0 Å². The van der Waals surface area contributed by atoms with E-state index in [2.05, 4.69) is 5.16 Å². The van der Waals surface area contributed by atoms with Gasteiger partial charge in [-0.3, -0.25) is 0 Å². The number of rotatable bonds is 8. The van der Waals surface area contributed by atoms with Gasteiger partial charge >= 0.3 is 5.97 Å². The van der Waals surface area contributed by atoms with Crippen LogP contribution in [0.3, 0.4) is 0 Å². The van der Waals surface area contributed by atoms with Crippen molar-refractivity contribution >= 4 is 12.0 Å². The van der Waals surface area contributed by atoms with Crippen molar-refractivity contribution in [1.29, 1.82) is 5.26 Å². The van der Waals surface area contributed by atoms with Crippen LogP contribution in [-0.2, 0) is 16.1 Å². The predicted molar refractivity (Wildman–Crippen MR) is 96.2 cm³/mol. The molecular formula is C20H22N2O4. The third-order valence-electron chi connectivity index (χ3n) is 3.83. The lowest BCUT2D eigenvalue weighted by atomic mass is 10.1. The monoisotopic (exact) mass is 354 g/mol. The zero-order chi connectivity index (χ0) is 18.9. The highest BCUT2D eigenvalue weighted by atomic mass is 16.5. The van der Waals surface area contributed by atoms with Crippen molar-refractivity contribution in [3.05, 3.63) is 52.4 Å². The molecule has 136 valence electrons. The molecule has 0 radical (unpaired) electrons. The number of carbonyl (C=O) groups excluding carboxylic acids is 1. The van der Waals surface area contributed by atoms with Crippen LogP contribution in [0.5, 0.6) is 5.75 Å². The molecule has 0 fully saturated rings. The lowest BCUT2D eigenvalue weighted by molar-refractivity contribution is -0.138. The number of esters is 1. The molecule has 0 aliphatic carbocycles. The lowest BCUT2D eigenvalue weighted by Crippen LogP contribution is -2.07. The zero-order valence-electron chi connectivity index (χ0n) is 15.2. The van der Waals surface area contributed by atoms with E-state index in [1.807, 2.05) is 26.8 Å². The first-order valence-electron chi connectivity index (χ1n) is 8.48. The van der Waals surface area contributed by atoms with Crippen LogP contribution in [0.15, 0.2) is 34.4 Å². The molecule has 2 rings (SSSR count). The molecule has 2 aromatic rings. The first-order valence-corrected chi connectivity index (χ1v) is 8.48. The maximum Gasteiger partial charge on any atom is 0.348 e. The highest BCUT2D eigenvalue weighted by molar-refractivity contribution is 5.97. The van der Waals surface area contributed by atoms with E-state index in [0.717, 1.165) is 35.4 Å². The van der Waals surface area contributed by atoms with E-state index in [9.17, 15) is 4.79 Å². The summed E-state index contributed by atoms with van der Waals surface area (Å²) in [6.45, 7) is 6.40. The minimum Gasteiger partial charge on any atom is -0.489 e. The van der Waals surface area contributed by atoms with E-state index in [1.54, 1.807) is 24.3 Å². The van der Waals surface area contributed by atoms with E-state index in [-0.39, 0.29) is 5.57 Å². The Bertz CT molecular complexity index is 794. The van der Waals surface area contributed by atoms with Gasteiger partial charge in [0.25, 0.3) is 0 Å². The molecule has 0 unspecified atom stereocenters. The van der Waals surface area contributed by atoms with Crippen molar-refractivity contribution in [3.8, 4) is 11.8 Å². The van der Waals surface area contributed by atoms with Crippen LogP contribution < -0.4 is 4.74 Å². The van der Waals surface area contributed by atoms with Crippen LogP contribution >= 0.6 is 0 Å². The molecule has 0 bridgehead atoms. The minimum absolute atomic E-state index is 0.0227. The van der Waals surface area contributed by atoms with Crippen LogP contribution in [-0.4, -0.2) is 17.7 Å². The first kappa shape index (κ1) is 19.3. The van der Waals surface area contributed by atoms with Crippen LogP contribution in [0.4, 0.5) is 0 Å². The quantitative estimate of drug-likeness (QED) is 0.307. The Hall–Kier alpha value is -3.07. The molecule has 1 aromatic carbocycles. The van der Waals surface area contributed by atoms with Crippen molar-refractivity contribution < 1.29 is 18.8 Å². The Morgan fingerprint density at radius 1 is 1.31 bits per heavy atom. The predicted octanol–water partition coefficient (Wildman–Crippen LogP) is 4.12. The van der Waals surface area contributed by atoms with E-state index in [0.29, 0.717) is 19.0 Å². The standard InChI is InChI=1S/C20H22N2O4/c1-4-5-10-24-20(23)17(12-21)11-16-6-8-18(9-7-16)25-13-19-14(2)22-26-15(19)3/h6-9,11H,4-5,10,13H2,1-3H3/b17-11+. The van der Waals surface area contributed by atoms with Crippen LogP contribution in [0.25, 0.3) is 6.08 Å². The van der Waals surface area contributed by atoms with Gasteiger partial charge in [-0.25, -0.2) is 4.79 Å². The van der Waals surface area contributed by atoms with E-state index in [4.69, 9.17) is 19.3 Å². The molecule has 0 saturated carbocycles. The molecule has 0 N–H and O–H groups in total. The summed E-state index contributed by atoms with van der Waals surface area (Å²) in [5, 5.41) is 13.0. The Morgan fingerprint density at radius 2 is 2.04 bits per heavy atom. The van der Waals surface area contributed by atoms with E-state index >= 15 is 0 Å². The van der Waals surface area contributed by atoms with Gasteiger partial charge in [-0.05, 0) is 44.0 Å². The Labute approximate surface area is 153 Å². The average molecular weight is 354 g/mol. The number of carbonyl (C=O) groups is 1. The number of benzene rings is 1. The Kier molecular flexibility index (Phi) is 6.98. The second kappa shape index (κ2) is 9.42. The summed E-state index contributed by atoms with van der Waals surface area (Å²) in [4.78, 5) is 11.9. The zero-order valence-corrected chi connectivity index (χ0v) is 15.2. The molecular weight excluding hydrogens is 332 g/mol. The van der Waals surface area contributed by atoms with E-state index in [1.165, 1.54) is 6.08 Å². The number of nitrogens with zero attached hydrogens (tertiary/aromatic N) is 2. The van der Waals surface area contributed by atoms with Gasteiger partial charge in [0.05, 0.1) is 17.9 Å². The van der Waals surface area contributed by atoms with Gasteiger partial charge < -0.3 is 14.0 Å². The van der Waals surface area contributed by atoms with Gasteiger partial charge in [0, 0.05) is 0 Å². The topological polar surface area (TPSA) is 85.4 Å². The number of unbranched alkanes of at least 4 members (excludes halogenated alkanes) is 1. The second-order valence-electron chi connectivity index (χ2n) is 5.82. The fourth-order valence-electron chi connectivity index (χ4n) is 2.21. The number of hydrogen-bond acceptors (Lipinski definition) is 6. The summed E-state index contributed by atoms with van der Waals surface area (Å²) >= 11 is 0. The van der Waals surface area contributed by atoms with Crippen molar-refractivity contribution in [3.63, 3.8) is 0 Å². The average Bonchev–Trinajstić information content (AvgIpc) is 2.97. The minimum atomic E-state index is -0.598. The third-order valence-corrected chi connectivity index (χ3v) is 3.83. The van der Waals surface area contributed by atoms with Crippen molar-refractivity contribution in [2.75, 3.05) is 6.61 Å². The third kappa shape index (κ3) is 5.21. The van der Waals surface area contributed by atoms with Crippen LogP contribution in [0, 0.1) is 25.2 Å². The molecule has 1 aromatic heterocycles. The summed E-state index contributed by atoms with van der Waals surface area (Å²) < 4.78 is 15.9. The Morgan fingerprint density at radius 3 is 2.62 bits per heavy atom. The first-order chi connectivity index (χ1) is 12.5. The van der Waals surface area contributed by atoms with Crippen LogP contribution in [0.1, 0.15) is 42.3 Å². The van der Waals surface area contributed by atoms with Crippen molar-refractivity contribution in [2.24, 2.45) is 0 Å². The summed E-state index contributed by atoms with van der Waals surface area (Å²) in [6.07, 6.45) is 3.21. The van der Waals surface area contributed by atoms with Gasteiger partial charge in [-0.1, -0.05) is 30.6 Å². The largest absolute Gasteiger partial charge is 0.489 e. The fraction of sp³-hybridized carbons (Fsp3) is 0.350. The molecule has 0 amide bonds. The smallest absolute Gasteiger partial charge is 0.348 e. The van der Waals surface area contributed by atoms with Crippen LogP contribution in [0.2, 0.25) is 0 Å². The van der Waals surface area contributed by atoms with Crippen molar-refractivity contribution in [1.82, 2.24) is 5.16 Å². The molecule has 6 nitrogen and oxygen atoms in total. The van der Waals surface area contributed by atoms with Crippen molar-refractivity contribution in [2.45, 2.75) is 40.2 Å². The number of aryl methyl sites for hydroxylation is 2. The SMILES string of the molecule is CCCCOC(=O)/C(C#N)=C/c1ccc(OCc2c(C)noc2C)cc1. The normalized spacial score (nSPS) is 11.1. The molecule has 6 heteroatoms. The molecule has 26 heavy (non-hydrogen) atoms. The summed E-state index contributed by atoms with van der Waals surface area (Å²) in [6, 6.07) is 9.00. The highest BCUT2D eigenvalue weighted by Crippen LogP contribution is 2.19. The maximum absolute atomic E-state index is 11.9. The molecule has 0 aliphatic rings. The molecule has 1 heterocycles. The van der Waals surface area contributed by atoms with Gasteiger partial charge in [0.2, 0.25) is 0 Å². The Balaban J connectivity index is 1.99. The summed E-state index contributed by atoms with van der Waals surface area (Å²) in [5.74, 6) is 0.813. The number of aromatic nitrogens is 1. The number of ether oxygens (including phenoxy) is 2. The van der Waals surface area contributed by atoms with Gasteiger partial charge in [-0.2, -0.15) is 5.26 Å². The summed E-state index contributed by atoms with van der Waals surface area (Å²) in [7, 11) is 0. The number of nitriles is 1. The molecule has 0 aliphatic heterocycles. The van der Waals surface area contributed by atoms with Gasteiger partial charge in [-0.15, -0.1) is 0 Å². The molecule has 0 spiro atoms. The molecule has 0 atom stereocenters. The maximum atomic E-state index is 11.9. The van der Waals surface area contributed by atoms with E-state index < -0.39 is 5.97 Å². The highest BCUT2D eigenvalue weighted by Gasteiger charge is 2.11. The lowest BCUT2D eigenvalue weighted by Gasteiger charge is -2.06.